The maximum absolute atomic E-state index is 5.37. The fourth-order valence-electron chi connectivity index (χ4n) is 1.88. The average molecular weight is 207 g/mol. The van der Waals surface area contributed by atoms with Gasteiger partial charge in [0, 0.05) is 25.3 Å². The van der Waals surface area contributed by atoms with E-state index in [-0.39, 0.29) is 0 Å². The number of nitrogens with zero attached hydrogens (tertiary/aromatic N) is 1. The van der Waals surface area contributed by atoms with Crippen molar-refractivity contribution < 1.29 is 4.74 Å². The molecule has 1 aliphatic rings. The van der Waals surface area contributed by atoms with Crippen molar-refractivity contribution in [1.82, 2.24) is 5.43 Å². The van der Waals surface area contributed by atoms with Crippen LogP contribution in [0.4, 0.5) is 5.69 Å². The molecule has 82 valence electrons. The molecular weight excluding hydrogens is 190 g/mol. The first-order valence-corrected chi connectivity index (χ1v) is 5.26. The smallest absolute Gasteiger partial charge is 0.0642 e. The molecule has 1 aliphatic heterocycles. The highest BCUT2D eigenvalue weighted by Gasteiger charge is 2.13. The summed E-state index contributed by atoms with van der Waals surface area (Å²) in [4.78, 5) is 2.34. The normalized spacial score (nSPS) is 16.7. The summed E-state index contributed by atoms with van der Waals surface area (Å²) in [5, 5.41) is 0. The second-order valence-electron chi connectivity index (χ2n) is 3.61. The monoisotopic (exact) mass is 207 g/mol. The standard InChI is InChI=1S/C11H17N3O/c12-13-9-10-3-1-2-4-11(10)14-5-7-15-8-6-14/h1-4,13H,5-9,12H2. The van der Waals surface area contributed by atoms with E-state index in [1.807, 2.05) is 6.07 Å². The molecule has 1 fully saturated rings. The van der Waals surface area contributed by atoms with Crippen LogP contribution in [0.5, 0.6) is 0 Å². The van der Waals surface area contributed by atoms with E-state index >= 15 is 0 Å². The summed E-state index contributed by atoms with van der Waals surface area (Å²) < 4.78 is 5.34. The molecule has 1 saturated heterocycles. The molecule has 2 rings (SSSR count). The maximum atomic E-state index is 5.37. The fraction of sp³-hybridized carbons (Fsp3) is 0.455. The number of benzene rings is 1. The Kier molecular flexibility index (Phi) is 3.55. The van der Waals surface area contributed by atoms with Gasteiger partial charge in [-0.2, -0.15) is 0 Å². The average Bonchev–Trinajstić information content (AvgIpc) is 2.31. The van der Waals surface area contributed by atoms with Crippen LogP contribution in [-0.2, 0) is 11.3 Å². The van der Waals surface area contributed by atoms with Crippen LogP contribution >= 0.6 is 0 Å². The molecular formula is C11H17N3O. The zero-order valence-corrected chi connectivity index (χ0v) is 8.78. The van der Waals surface area contributed by atoms with Gasteiger partial charge in [0.2, 0.25) is 0 Å². The van der Waals surface area contributed by atoms with Gasteiger partial charge in [-0.3, -0.25) is 11.3 Å². The first-order valence-electron chi connectivity index (χ1n) is 5.26. The minimum atomic E-state index is 0.702. The Bertz CT molecular complexity index is 310. The largest absolute Gasteiger partial charge is 0.378 e. The number of rotatable bonds is 3. The molecule has 0 aromatic heterocycles. The number of morpholine rings is 1. The predicted octanol–water partition coefficient (Wildman–Crippen LogP) is 0.486. The number of anilines is 1. The van der Waals surface area contributed by atoms with Crippen molar-refractivity contribution in [3.8, 4) is 0 Å². The van der Waals surface area contributed by atoms with Crippen LogP contribution in [0.25, 0.3) is 0 Å². The van der Waals surface area contributed by atoms with Crippen molar-refractivity contribution in [3.05, 3.63) is 29.8 Å². The van der Waals surface area contributed by atoms with Crippen LogP contribution in [0, 0.1) is 0 Å². The summed E-state index contributed by atoms with van der Waals surface area (Å²) in [7, 11) is 0. The van der Waals surface area contributed by atoms with Crippen LogP contribution in [-0.4, -0.2) is 26.3 Å². The number of hydrogen-bond acceptors (Lipinski definition) is 4. The van der Waals surface area contributed by atoms with E-state index in [4.69, 9.17) is 10.6 Å². The van der Waals surface area contributed by atoms with Gasteiger partial charge in [-0.1, -0.05) is 18.2 Å². The molecule has 0 saturated carbocycles. The third-order valence-corrected chi connectivity index (χ3v) is 2.64. The van der Waals surface area contributed by atoms with Crippen LogP contribution in [0.2, 0.25) is 0 Å². The van der Waals surface area contributed by atoms with E-state index < -0.39 is 0 Å². The van der Waals surface area contributed by atoms with Gasteiger partial charge in [0.05, 0.1) is 13.2 Å². The zero-order chi connectivity index (χ0) is 10.5. The second-order valence-corrected chi connectivity index (χ2v) is 3.61. The second kappa shape index (κ2) is 5.11. The summed E-state index contributed by atoms with van der Waals surface area (Å²) in [6.07, 6.45) is 0. The van der Waals surface area contributed by atoms with Crippen molar-refractivity contribution in [2.24, 2.45) is 5.84 Å². The molecule has 1 aromatic carbocycles. The number of nitrogens with two attached hydrogens (primary N) is 1. The molecule has 1 heterocycles. The molecule has 0 bridgehead atoms. The third-order valence-electron chi connectivity index (χ3n) is 2.64. The van der Waals surface area contributed by atoms with Crippen molar-refractivity contribution >= 4 is 5.69 Å². The fourth-order valence-corrected chi connectivity index (χ4v) is 1.88. The number of nitrogens with one attached hydrogen (secondary N) is 1. The van der Waals surface area contributed by atoms with Crippen molar-refractivity contribution in [2.45, 2.75) is 6.54 Å². The first-order chi connectivity index (χ1) is 7.42. The minimum absolute atomic E-state index is 0.702. The topological polar surface area (TPSA) is 50.5 Å². The molecule has 0 atom stereocenters. The van der Waals surface area contributed by atoms with Gasteiger partial charge < -0.3 is 9.64 Å². The van der Waals surface area contributed by atoms with Crippen molar-refractivity contribution in [2.75, 3.05) is 31.2 Å². The summed E-state index contributed by atoms with van der Waals surface area (Å²) in [6.45, 7) is 4.24. The maximum Gasteiger partial charge on any atom is 0.0642 e. The molecule has 4 nitrogen and oxygen atoms in total. The summed E-state index contributed by atoms with van der Waals surface area (Å²) in [5.41, 5.74) is 5.21. The van der Waals surface area contributed by atoms with Gasteiger partial charge in [0.15, 0.2) is 0 Å². The number of ether oxygens (including phenoxy) is 1. The van der Waals surface area contributed by atoms with E-state index in [9.17, 15) is 0 Å². The van der Waals surface area contributed by atoms with Crippen LogP contribution in [0.1, 0.15) is 5.56 Å². The van der Waals surface area contributed by atoms with Gasteiger partial charge in [-0.05, 0) is 11.6 Å². The Balaban J connectivity index is 2.17. The summed E-state index contributed by atoms with van der Waals surface area (Å²) >= 11 is 0. The van der Waals surface area contributed by atoms with Crippen molar-refractivity contribution in [3.63, 3.8) is 0 Å². The van der Waals surface area contributed by atoms with Gasteiger partial charge in [-0.15, -0.1) is 0 Å². The van der Waals surface area contributed by atoms with E-state index in [2.05, 4.69) is 28.5 Å². The number of hydrogen-bond donors (Lipinski definition) is 2. The van der Waals surface area contributed by atoms with Crippen molar-refractivity contribution in [1.29, 1.82) is 0 Å². The Hall–Kier alpha value is -1.10. The molecule has 0 radical (unpaired) electrons. The molecule has 0 unspecified atom stereocenters. The molecule has 0 spiro atoms. The van der Waals surface area contributed by atoms with Crippen LogP contribution < -0.4 is 16.2 Å². The molecule has 15 heavy (non-hydrogen) atoms. The van der Waals surface area contributed by atoms with Gasteiger partial charge in [-0.25, -0.2) is 0 Å². The molecule has 0 aliphatic carbocycles. The molecule has 3 N–H and O–H groups in total. The number of para-hydroxylation sites is 1. The van der Waals surface area contributed by atoms with Crippen LogP contribution in [0.3, 0.4) is 0 Å². The lowest BCUT2D eigenvalue weighted by atomic mass is 10.1. The summed E-state index contributed by atoms with van der Waals surface area (Å²) in [6, 6.07) is 8.34. The summed E-state index contributed by atoms with van der Waals surface area (Å²) in [5.74, 6) is 5.37. The van der Waals surface area contributed by atoms with E-state index in [1.165, 1.54) is 11.3 Å². The Morgan fingerprint density at radius 1 is 1.27 bits per heavy atom. The Labute approximate surface area is 90.0 Å². The lowest BCUT2D eigenvalue weighted by Crippen LogP contribution is -2.37. The molecule has 1 aromatic rings. The number of hydrazine groups is 1. The lowest BCUT2D eigenvalue weighted by molar-refractivity contribution is 0.122. The molecule has 4 heteroatoms. The first kappa shape index (κ1) is 10.4. The van der Waals surface area contributed by atoms with E-state index in [1.54, 1.807) is 0 Å². The van der Waals surface area contributed by atoms with Crippen LogP contribution in [0.15, 0.2) is 24.3 Å². The SMILES string of the molecule is NNCc1ccccc1N1CCOCC1. The lowest BCUT2D eigenvalue weighted by Gasteiger charge is -2.30. The van der Waals surface area contributed by atoms with E-state index in [0.29, 0.717) is 6.54 Å². The molecule has 0 amide bonds. The highest BCUT2D eigenvalue weighted by molar-refractivity contribution is 5.53. The Morgan fingerprint density at radius 2 is 2.00 bits per heavy atom. The predicted molar refractivity (Wildman–Crippen MR) is 60.5 cm³/mol. The van der Waals surface area contributed by atoms with Gasteiger partial charge in [0.1, 0.15) is 0 Å². The van der Waals surface area contributed by atoms with E-state index in [0.717, 1.165) is 26.3 Å². The highest BCUT2D eigenvalue weighted by atomic mass is 16.5. The Morgan fingerprint density at radius 3 is 2.73 bits per heavy atom. The van der Waals surface area contributed by atoms with Gasteiger partial charge >= 0.3 is 0 Å². The minimum Gasteiger partial charge on any atom is -0.378 e. The van der Waals surface area contributed by atoms with Gasteiger partial charge in [0.25, 0.3) is 0 Å². The quantitative estimate of drug-likeness (QED) is 0.559. The zero-order valence-electron chi connectivity index (χ0n) is 8.78. The highest BCUT2D eigenvalue weighted by Crippen LogP contribution is 2.20. The third kappa shape index (κ3) is 2.47.